The molecular formula is C9H6F5NO2. The van der Waals surface area contributed by atoms with E-state index in [0.29, 0.717) is 0 Å². The molecule has 1 aromatic rings. The standard InChI is InChI=1S/C9H6F5NO2/c10-8(11,12)7(16)5-1-3-6(4-2-5)17-9(13,14)15/h1-4H,15H2. The highest BCUT2D eigenvalue weighted by Gasteiger charge is 2.39. The van der Waals surface area contributed by atoms with Crippen molar-refractivity contribution in [2.24, 2.45) is 5.73 Å². The lowest BCUT2D eigenvalue weighted by Crippen LogP contribution is -2.35. The van der Waals surface area contributed by atoms with E-state index in [2.05, 4.69) is 10.5 Å². The molecule has 1 aromatic carbocycles. The summed E-state index contributed by atoms with van der Waals surface area (Å²) in [5.41, 5.74) is 3.56. The van der Waals surface area contributed by atoms with Gasteiger partial charge in [0.25, 0.3) is 5.78 Å². The van der Waals surface area contributed by atoms with Crippen LogP contribution in [0.1, 0.15) is 10.4 Å². The van der Waals surface area contributed by atoms with Gasteiger partial charge >= 0.3 is 12.4 Å². The number of rotatable bonds is 3. The second-order valence-corrected chi connectivity index (χ2v) is 3.02. The predicted molar refractivity (Wildman–Crippen MR) is 46.6 cm³/mol. The van der Waals surface area contributed by atoms with Crippen LogP contribution < -0.4 is 10.5 Å². The van der Waals surface area contributed by atoms with E-state index in [-0.39, 0.29) is 0 Å². The van der Waals surface area contributed by atoms with Gasteiger partial charge in [0, 0.05) is 5.56 Å². The summed E-state index contributed by atoms with van der Waals surface area (Å²) in [7, 11) is 0. The lowest BCUT2D eigenvalue weighted by molar-refractivity contribution is -0.170. The van der Waals surface area contributed by atoms with E-state index < -0.39 is 29.5 Å². The van der Waals surface area contributed by atoms with Crippen LogP contribution in [0.3, 0.4) is 0 Å². The van der Waals surface area contributed by atoms with Crippen LogP contribution in [0, 0.1) is 0 Å². The number of ketones is 1. The van der Waals surface area contributed by atoms with Crippen LogP contribution in [0.25, 0.3) is 0 Å². The Morgan fingerprint density at radius 2 is 1.53 bits per heavy atom. The van der Waals surface area contributed by atoms with Crippen molar-refractivity contribution in [3.05, 3.63) is 29.8 Å². The number of hydrogen-bond donors (Lipinski definition) is 1. The molecular weight excluding hydrogens is 249 g/mol. The van der Waals surface area contributed by atoms with Crippen LogP contribution in [-0.4, -0.2) is 18.2 Å². The van der Waals surface area contributed by atoms with Crippen molar-refractivity contribution >= 4 is 5.78 Å². The van der Waals surface area contributed by atoms with Crippen molar-refractivity contribution in [1.29, 1.82) is 0 Å². The molecule has 0 bridgehead atoms. The number of hydrogen-bond acceptors (Lipinski definition) is 3. The van der Waals surface area contributed by atoms with Crippen molar-refractivity contribution in [2.75, 3.05) is 0 Å². The molecule has 0 fully saturated rings. The van der Waals surface area contributed by atoms with Crippen molar-refractivity contribution < 1.29 is 31.5 Å². The van der Waals surface area contributed by atoms with Gasteiger partial charge in [-0.15, -0.1) is 8.78 Å². The Kier molecular flexibility index (Phi) is 3.37. The lowest BCUT2D eigenvalue weighted by Gasteiger charge is -2.12. The number of Topliss-reactive ketones (excluding diaryl/α,β-unsaturated/α-hetero) is 1. The summed E-state index contributed by atoms with van der Waals surface area (Å²) in [5.74, 6) is -2.51. The van der Waals surface area contributed by atoms with Crippen LogP contribution in [0.5, 0.6) is 5.75 Å². The molecule has 2 N–H and O–H groups in total. The molecule has 0 spiro atoms. The SMILES string of the molecule is NC(F)(F)Oc1ccc(C(=O)C(F)(F)F)cc1. The van der Waals surface area contributed by atoms with E-state index in [0.717, 1.165) is 24.3 Å². The Morgan fingerprint density at radius 3 is 1.88 bits per heavy atom. The molecule has 0 saturated carbocycles. The molecule has 0 heterocycles. The zero-order valence-corrected chi connectivity index (χ0v) is 8.09. The topological polar surface area (TPSA) is 52.3 Å². The molecule has 0 amide bonds. The number of halogens is 5. The smallest absolute Gasteiger partial charge is 0.420 e. The summed E-state index contributed by atoms with van der Waals surface area (Å²) in [6, 6.07) is 3.02. The second-order valence-electron chi connectivity index (χ2n) is 3.02. The van der Waals surface area contributed by atoms with E-state index in [1.54, 1.807) is 0 Å². The predicted octanol–water partition coefficient (Wildman–Crippen LogP) is 2.32. The molecule has 0 unspecified atom stereocenters. The summed E-state index contributed by atoms with van der Waals surface area (Å²) in [6.07, 6.45) is -8.95. The number of ether oxygens (including phenoxy) is 1. The van der Waals surface area contributed by atoms with Crippen molar-refractivity contribution in [1.82, 2.24) is 0 Å². The van der Waals surface area contributed by atoms with E-state index >= 15 is 0 Å². The summed E-state index contributed by atoms with van der Waals surface area (Å²) < 4.78 is 64.2. The molecule has 3 nitrogen and oxygen atoms in total. The molecule has 17 heavy (non-hydrogen) atoms. The average molecular weight is 255 g/mol. The molecule has 0 aliphatic rings. The van der Waals surface area contributed by atoms with Crippen molar-refractivity contribution in [2.45, 2.75) is 12.4 Å². The van der Waals surface area contributed by atoms with E-state index in [9.17, 15) is 26.7 Å². The monoisotopic (exact) mass is 255 g/mol. The van der Waals surface area contributed by atoms with Gasteiger partial charge in [0.1, 0.15) is 5.75 Å². The maximum absolute atomic E-state index is 12.2. The van der Waals surface area contributed by atoms with Gasteiger partial charge in [-0.05, 0) is 24.3 Å². The minimum atomic E-state index is -5.01. The summed E-state index contributed by atoms with van der Waals surface area (Å²) in [4.78, 5) is 10.7. The highest BCUT2D eigenvalue weighted by Crippen LogP contribution is 2.24. The number of carbonyl (C=O) groups is 1. The first-order valence-electron chi connectivity index (χ1n) is 4.17. The third kappa shape index (κ3) is 3.99. The molecule has 0 aliphatic carbocycles. The quantitative estimate of drug-likeness (QED) is 0.390. The van der Waals surface area contributed by atoms with E-state index in [4.69, 9.17) is 0 Å². The fourth-order valence-corrected chi connectivity index (χ4v) is 0.995. The van der Waals surface area contributed by atoms with Gasteiger partial charge in [0.15, 0.2) is 0 Å². The molecule has 0 saturated heterocycles. The zero-order valence-electron chi connectivity index (χ0n) is 8.09. The summed E-state index contributed by atoms with van der Waals surface area (Å²) in [5, 5.41) is 0. The third-order valence-corrected chi connectivity index (χ3v) is 1.63. The van der Waals surface area contributed by atoms with E-state index in [1.165, 1.54) is 0 Å². The third-order valence-electron chi connectivity index (χ3n) is 1.63. The Morgan fingerprint density at radius 1 is 1.06 bits per heavy atom. The molecule has 0 aliphatic heterocycles. The van der Waals surface area contributed by atoms with Gasteiger partial charge in [-0.25, -0.2) is 5.73 Å². The maximum Gasteiger partial charge on any atom is 0.466 e. The lowest BCUT2D eigenvalue weighted by atomic mass is 10.1. The van der Waals surface area contributed by atoms with Crippen molar-refractivity contribution in [3.63, 3.8) is 0 Å². The summed E-state index contributed by atoms with van der Waals surface area (Å²) in [6.45, 7) is 0. The van der Waals surface area contributed by atoms with Crippen LogP contribution >= 0.6 is 0 Å². The average Bonchev–Trinajstić information content (AvgIpc) is 2.14. The largest absolute Gasteiger partial charge is 0.466 e. The zero-order chi connectivity index (χ0) is 13.3. The highest BCUT2D eigenvalue weighted by atomic mass is 19.4. The van der Waals surface area contributed by atoms with Gasteiger partial charge in [-0.1, -0.05) is 0 Å². The minimum Gasteiger partial charge on any atom is -0.420 e. The first kappa shape index (κ1) is 13.4. The van der Waals surface area contributed by atoms with Gasteiger partial charge in [-0.3, -0.25) is 4.79 Å². The van der Waals surface area contributed by atoms with Crippen molar-refractivity contribution in [3.8, 4) is 5.75 Å². The molecule has 8 heteroatoms. The molecule has 94 valence electrons. The van der Waals surface area contributed by atoms with Crippen LogP contribution in [0.15, 0.2) is 24.3 Å². The first-order chi connectivity index (χ1) is 7.59. The van der Waals surface area contributed by atoms with Crippen LogP contribution in [-0.2, 0) is 0 Å². The minimum absolute atomic E-state index is 0.448. The maximum atomic E-state index is 12.2. The molecule has 0 aromatic heterocycles. The molecule has 1 rings (SSSR count). The van der Waals surface area contributed by atoms with Gasteiger partial charge in [0.2, 0.25) is 0 Å². The second kappa shape index (κ2) is 4.28. The van der Waals surface area contributed by atoms with Gasteiger partial charge in [-0.2, -0.15) is 13.2 Å². The Hall–Kier alpha value is -1.70. The Bertz CT molecular complexity index is 407. The molecule has 0 radical (unpaired) electrons. The van der Waals surface area contributed by atoms with E-state index in [1.807, 2.05) is 0 Å². The van der Waals surface area contributed by atoms with Crippen LogP contribution in [0.4, 0.5) is 22.0 Å². The van der Waals surface area contributed by atoms with Crippen LogP contribution in [0.2, 0.25) is 0 Å². The van der Waals surface area contributed by atoms with Gasteiger partial charge < -0.3 is 4.74 Å². The number of alkyl halides is 5. The summed E-state index contributed by atoms with van der Waals surface area (Å²) >= 11 is 0. The fraction of sp³-hybridized carbons (Fsp3) is 0.222. The Labute approximate surface area is 92.0 Å². The fourth-order valence-electron chi connectivity index (χ4n) is 0.995. The number of benzene rings is 1. The highest BCUT2D eigenvalue weighted by molar-refractivity contribution is 6.00. The number of nitrogens with two attached hydrogens (primary N) is 1. The molecule has 0 atom stereocenters. The number of carbonyl (C=O) groups excluding carboxylic acids is 1. The Balaban J connectivity index is 2.86. The van der Waals surface area contributed by atoms with Gasteiger partial charge in [0.05, 0.1) is 0 Å². The first-order valence-corrected chi connectivity index (χ1v) is 4.17. The normalized spacial score (nSPS) is 12.4.